The highest BCUT2D eigenvalue weighted by Crippen LogP contribution is 2.18. The Kier molecular flexibility index (Phi) is 3.40. The lowest BCUT2D eigenvalue weighted by molar-refractivity contribution is -0.120. The quantitative estimate of drug-likeness (QED) is 0.755. The molecule has 1 amide bonds. The third-order valence-electron chi connectivity index (χ3n) is 2.73. The van der Waals surface area contributed by atoms with Gasteiger partial charge in [-0.2, -0.15) is 0 Å². The average molecular weight is 250 g/mol. The Bertz CT molecular complexity index is 489. The van der Waals surface area contributed by atoms with Gasteiger partial charge >= 0.3 is 5.97 Å². The summed E-state index contributed by atoms with van der Waals surface area (Å²) in [5.74, 6) is -0.196. The van der Waals surface area contributed by atoms with Crippen LogP contribution in [-0.2, 0) is 4.79 Å². The van der Waals surface area contributed by atoms with Gasteiger partial charge < -0.3 is 15.3 Å². The van der Waals surface area contributed by atoms with Gasteiger partial charge in [-0.3, -0.25) is 4.79 Å². The number of aromatic nitrogens is 2. The Morgan fingerprint density at radius 3 is 3.00 bits per heavy atom. The molecule has 18 heavy (non-hydrogen) atoms. The molecule has 1 saturated heterocycles. The van der Waals surface area contributed by atoms with E-state index < -0.39 is 5.97 Å². The SMILES string of the molecule is Cc1ncc(C(=O)O)c(N2CCNC(=O)CC2)n1. The van der Waals surface area contributed by atoms with Crippen molar-refractivity contribution in [3.8, 4) is 0 Å². The lowest BCUT2D eigenvalue weighted by atomic mass is 10.2. The minimum absolute atomic E-state index is 0.0276. The van der Waals surface area contributed by atoms with E-state index in [9.17, 15) is 9.59 Å². The molecular formula is C11H14N4O3. The number of carbonyl (C=O) groups is 2. The van der Waals surface area contributed by atoms with Crippen LogP contribution in [0.1, 0.15) is 22.6 Å². The van der Waals surface area contributed by atoms with Gasteiger partial charge in [0.2, 0.25) is 5.91 Å². The summed E-state index contributed by atoms with van der Waals surface area (Å²) in [5, 5.41) is 11.9. The molecule has 96 valence electrons. The van der Waals surface area contributed by atoms with Crippen molar-refractivity contribution in [1.29, 1.82) is 0 Å². The first-order valence-electron chi connectivity index (χ1n) is 5.66. The molecule has 7 heteroatoms. The van der Waals surface area contributed by atoms with E-state index in [1.165, 1.54) is 6.20 Å². The number of nitrogens with zero attached hydrogens (tertiary/aromatic N) is 3. The summed E-state index contributed by atoms with van der Waals surface area (Å²) in [5.41, 5.74) is 0.0648. The van der Waals surface area contributed by atoms with E-state index in [1.54, 1.807) is 11.8 Å². The monoisotopic (exact) mass is 250 g/mol. The van der Waals surface area contributed by atoms with Crippen LogP contribution >= 0.6 is 0 Å². The second-order valence-electron chi connectivity index (χ2n) is 4.05. The molecule has 1 aliphatic rings. The minimum Gasteiger partial charge on any atom is -0.477 e. The van der Waals surface area contributed by atoms with Crippen LogP contribution in [0.4, 0.5) is 5.82 Å². The maximum atomic E-state index is 11.3. The van der Waals surface area contributed by atoms with Gasteiger partial charge in [-0.15, -0.1) is 0 Å². The zero-order valence-corrected chi connectivity index (χ0v) is 10.0. The van der Waals surface area contributed by atoms with Gasteiger partial charge in [-0.05, 0) is 6.92 Å². The molecule has 2 N–H and O–H groups in total. The second-order valence-corrected chi connectivity index (χ2v) is 4.05. The van der Waals surface area contributed by atoms with Crippen molar-refractivity contribution < 1.29 is 14.7 Å². The predicted octanol–water partition coefficient (Wildman–Crippen LogP) is -0.190. The van der Waals surface area contributed by atoms with Crippen LogP contribution < -0.4 is 10.2 Å². The van der Waals surface area contributed by atoms with Crippen molar-refractivity contribution in [2.75, 3.05) is 24.5 Å². The van der Waals surface area contributed by atoms with Crippen LogP contribution in [0.25, 0.3) is 0 Å². The fourth-order valence-corrected chi connectivity index (χ4v) is 1.83. The van der Waals surface area contributed by atoms with Gasteiger partial charge in [0.1, 0.15) is 17.2 Å². The van der Waals surface area contributed by atoms with Gasteiger partial charge in [0, 0.05) is 32.3 Å². The van der Waals surface area contributed by atoms with Crippen molar-refractivity contribution in [2.45, 2.75) is 13.3 Å². The van der Waals surface area contributed by atoms with Gasteiger partial charge in [-0.25, -0.2) is 14.8 Å². The molecule has 1 aliphatic heterocycles. The number of aromatic carboxylic acids is 1. The number of carboxylic acid groups (broad SMARTS) is 1. The van der Waals surface area contributed by atoms with E-state index in [4.69, 9.17) is 5.11 Å². The highest BCUT2D eigenvalue weighted by Gasteiger charge is 2.21. The molecule has 2 rings (SSSR count). The van der Waals surface area contributed by atoms with E-state index in [1.807, 2.05) is 0 Å². The highest BCUT2D eigenvalue weighted by molar-refractivity contribution is 5.93. The summed E-state index contributed by atoms with van der Waals surface area (Å²) < 4.78 is 0. The summed E-state index contributed by atoms with van der Waals surface area (Å²) in [6, 6.07) is 0. The summed E-state index contributed by atoms with van der Waals surface area (Å²) in [6.45, 7) is 3.20. The van der Waals surface area contributed by atoms with Crippen molar-refractivity contribution in [1.82, 2.24) is 15.3 Å². The maximum Gasteiger partial charge on any atom is 0.341 e. The summed E-state index contributed by atoms with van der Waals surface area (Å²) in [6.07, 6.45) is 1.64. The molecule has 0 radical (unpaired) electrons. The fourth-order valence-electron chi connectivity index (χ4n) is 1.83. The fraction of sp³-hybridized carbons (Fsp3) is 0.455. The van der Waals surface area contributed by atoms with Crippen molar-refractivity contribution in [3.63, 3.8) is 0 Å². The van der Waals surface area contributed by atoms with Crippen molar-refractivity contribution >= 4 is 17.7 Å². The van der Waals surface area contributed by atoms with Crippen molar-refractivity contribution in [3.05, 3.63) is 17.6 Å². The average Bonchev–Trinajstić information content (AvgIpc) is 2.53. The van der Waals surface area contributed by atoms with E-state index in [-0.39, 0.29) is 11.5 Å². The van der Waals surface area contributed by atoms with Gasteiger partial charge in [0.25, 0.3) is 0 Å². The Morgan fingerprint density at radius 2 is 2.28 bits per heavy atom. The first-order valence-corrected chi connectivity index (χ1v) is 5.66. The van der Waals surface area contributed by atoms with Crippen LogP contribution in [-0.4, -0.2) is 46.6 Å². The normalized spacial score (nSPS) is 16.1. The van der Waals surface area contributed by atoms with E-state index in [0.29, 0.717) is 37.7 Å². The Balaban J connectivity index is 2.33. The molecule has 7 nitrogen and oxygen atoms in total. The number of carbonyl (C=O) groups excluding carboxylic acids is 1. The molecule has 0 bridgehead atoms. The lowest BCUT2D eigenvalue weighted by Gasteiger charge is -2.22. The molecule has 1 fully saturated rings. The molecule has 0 aromatic carbocycles. The number of anilines is 1. The summed E-state index contributed by atoms with van der Waals surface area (Å²) >= 11 is 0. The summed E-state index contributed by atoms with van der Waals surface area (Å²) in [7, 11) is 0. The smallest absolute Gasteiger partial charge is 0.341 e. The topological polar surface area (TPSA) is 95.4 Å². The maximum absolute atomic E-state index is 11.3. The zero-order valence-electron chi connectivity index (χ0n) is 10.0. The number of nitrogens with one attached hydrogen (secondary N) is 1. The molecule has 2 heterocycles. The standard InChI is InChI=1S/C11H14N4O3/c1-7-13-6-8(11(17)18)10(14-7)15-4-2-9(16)12-3-5-15/h6H,2-5H2,1H3,(H,12,16)(H,17,18). The Morgan fingerprint density at radius 1 is 1.50 bits per heavy atom. The predicted molar refractivity (Wildman–Crippen MR) is 63.6 cm³/mol. The van der Waals surface area contributed by atoms with E-state index in [2.05, 4.69) is 15.3 Å². The molecular weight excluding hydrogens is 236 g/mol. The van der Waals surface area contributed by atoms with Gasteiger partial charge in [0.15, 0.2) is 0 Å². The van der Waals surface area contributed by atoms with Crippen LogP contribution in [0.5, 0.6) is 0 Å². The zero-order chi connectivity index (χ0) is 13.1. The molecule has 0 saturated carbocycles. The first kappa shape index (κ1) is 12.3. The second kappa shape index (κ2) is 4.99. The number of hydrogen-bond donors (Lipinski definition) is 2. The number of aryl methyl sites for hydroxylation is 1. The Hall–Kier alpha value is -2.18. The number of amides is 1. The van der Waals surface area contributed by atoms with Gasteiger partial charge in [-0.1, -0.05) is 0 Å². The number of hydrogen-bond acceptors (Lipinski definition) is 5. The van der Waals surface area contributed by atoms with Gasteiger partial charge in [0.05, 0.1) is 0 Å². The largest absolute Gasteiger partial charge is 0.477 e. The number of rotatable bonds is 2. The third kappa shape index (κ3) is 2.55. The molecule has 1 aromatic heterocycles. The number of carboxylic acids is 1. The van der Waals surface area contributed by atoms with Crippen molar-refractivity contribution in [2.24, 2.45) is 0 Å². The van der Waals surface area contributed by atoms with Crippen LogP contribution in [0, 0.1) is 6.92 Å². The molecule has 0 atom stereocenters. The third-order valence-corrected chi connectivity index (χ3v) is 2.73. The molecule has 0 unspecified atom stereocenters. The Labute approximate surface area is 104 Å². The molecule has 0 spiro atoms. The van der Waals surface area contributed by atoms with E-state index >= 15 is 0 Å². The van der Waals surface area contributed by atoms with Crippen LogP contribution in [0.3, 0.4) is 0 Å². The highest BCUT2D eigenvalue weighted by atomic mass is 16.4. The van der Waals surface area contributed by atoms with Crippen LogP contribution in [0.2, 0.25) is 0 Å². The lowest BCUT2D eigenvalue weighted by Crippen LogP contribution is -2.30. The first-order chi connectivity index (χ1) is 8.58. The summed E-state index contributed by atoms with van der Waals surface area (Å²) in [4.78, 5) is 32.3. The van der Waals surface area contributed by atoms with E-state index in [0.717, 1.165) is 0 Å². The molecule has 0 aliphatic carbocycles. The molecule has 1 aromatic rings. The minimum atomic E-state index is -1.06. The van der Waals surface area contributed by atoms with Crippen LogP contribution in [0.15, 0.2) is 6.20 Å².